The molecule has 0 unspecified atom stereocenters. The summed E-state index contributed by atoms with van der Waals surface area (Å²) in [5.74, 6) is -1.19. The third kappa shape index (κ3) is 5.52. The maximum atomic E-state index is 13.8. The normalized spacial score (nSPS) is 11.4. The molecule has 0 spiro atoms. The van der Waals surface area contributed by atoms with Crippen molar-refractivity contribution >= 4 is 21.6 Å². The van der Waals surface area contributed by atoms with Gasteiger partial charge in [-0.2, -0.15) is 4.31 Å². The van der Waals surface area contributed by atoms with E-state index in [-0.39, 0.29) is 17.1 Å². The van der Waals surface area contributed by atoms with Crippen molar-refractivity contribution in [3.63, 3.8) is 0 Å². The standard InChI is InChI=1S/C23H23FN2O3S/c1-18-11-13-20(14-12-18)30(28,29)26(16-15-19-7-3-2-4-8-19)17-23(27)25-22-10-6-5-9-21(22)24/h2-14H,15-17H2,1H3,(H,25,27). The average Bonchev–Trinajstić information content (AvgIpc) is 2.74. The molecule has 3 aromatic rings. The maximum Gasteiger partial charge on any atom is 0.243 e. The van der Waals surface area contributed by atoms with Crippen molar-refractivity contribution in [2.24, 2.45) is 0 Å². The molecule has 1 amide bonds. The predicted molar refractivity (Wildman–Crippen MR) is 115 cm³/mol. The minimum absolute atomic E-state index is 0.0123. The highest BCUT2D eigenvalue weighted by atomic mass is 32.2. The van der Waals surface area contributed by atoms with Crippen molar-refractivity contribution in [3.05, 3.63) is 95.8 Å². The fourth-order valence-corrected chi connectivity index (χ4v) is 4.35. The number of para-hydroxylation sites is 1. The number of benzene rings is 3. The minimum atomic E-state index is -3.91. The largest absolute Gasteiger partial charge is 0.322 e. The Bertz CT molecular complexity index is 1100. The number of halogens is 1. The van der Waals surface area contributed by atoms with Crippen molar-refractivity contribution in [2.75, 3.05) is 18.4 Å². The predicted octanol–water partition coefficient (Wildman–Crippen LogP) is 4.01. The highest BCUT2D eigenvalue weighted by molar-refractivity contribution is 7.89. The van der Waals surface area contributed by atoms with E-state index in [9.17, 15) is 17.6 Å². The van der Waals surface area contributed by atoms with Crippen LogP contribution in [0.1, 0.15) is 11.1 Å². The molecule has 0 atom stereocenters. The number of amides is 1. The Balaban J connectivity index is 1.82. The number of anilines is 1. The molecule has 156 valence electrons. The Labute approximate surface area is 176 Å². The molecule has 0 heterocycles. The van der Waals surface area contributed by atoms with E-state index in [0.29, 0.717) is 6.42 Å². The number of hydrogen-bond donors (Lipinski definition) is 1. The Morgan fingerprint density at radius 2 is 1.57 bits per heavy atom. The summed E-state index contributed by atoms with van der Waals surface area (Å²) in [5, 5.41) is 2.45. The summed E-state index contributed by atoms with van der Waals surface area (Å²) < 4.78 is 41.4. The van der Waals surface area contributed by atoms with E-state index in [1.807, 2.05) is 37.3 Å². The number of nitrogens with one attached hydrogen (secondary N) is 1. The van der Waals surface area contributed by atoms with E-state index in [0.717, 1.165) is 15.4 Å². The molecule has 1 N–H and O–H groups in total. The number of carbonyl (C=O) groups is 1. The van der Waals surface area contributed by atoms with Crippen LogP contribution in [0.25, 0.3) is 0 Å². The molecule has 0 saturated heterocycles. The number of nitrogens with zero attached hydrogens (tertiary/aromatic N) is 1. The topological polar surface area (TPSA) is 66.5 Å². The maximum absolute atomic E-state index is 13.8. The second-order valence-corrected chi connectivity index (χ2v) is 8.85. The molecule has 0 saturated carbocycles. The van der Waals surface area contributed by atoms with Gasteiger partial charge in [-0.15, -0.1) is 0 Å². The third-order valence-corrected chi connectivity index (χ3v) is 6.48. The van der Waals surface area contributed by atoms with Crippen LogP contribution in [-0.4, -0.2) is 31.7 Å². The molecule has 5 nitrogen and oxygen atoms in total. The highest BCUT2D eigenvalue weighted by Gasteiger charge is 2.26. The summed E-state index contributed by atoms with van der Waals surface area (Å²) in [5.41, 5.74) is 1.90. The highest BCUT2D eigenvalue weighted by Crippen LogP contribution is 2.18. The molecule has 0 aliphatic heterocycles. The van der Waals surface area contributed by atoms with Gasteiger partial charge in [-0.25, -0.2) is 12.8 Å². The van der Waals surface area contributed by atoms with Gasteiger partial charge in [0.1, 0.15) is 5.82 Å². The van der Waals surface area contributed by atoms with Gasteiger partial charge in [0.25, 0.3) is 0 Å². The van der Waals surface area contributed by atoms with Crippen LogP contribution in [0.5, 0.6) is 0 Å². The summed E-state index contributed by atoms with van der Waals surface area (Å²) in [6.45, 7) is 1.56. The molecule has 3 aromatic carbocycles. The van der Waals surface area contributed by atoms with Gasteiger partial charge in [-0.3, -0.25) is 4.79 Å². The smallest absolute Gasteiger partial charge is 0.243 e. The van der Waals surface area contributed by atoms with Crippen molar-refractivity contribution in [3.8, 4) is 0 Å². The van der Waals surface area contributed by atoms with E-state index >= 15 is 0 Å². The summed E-state index contributed by atoms with van der Waals surface area (Å²) in [7, 11) is -3.91. The Morgan fingerprint density at radius 1 is 0.933 bits per heavy atom. The first-order valence-corrected chi connectivity index (χ1v) is 11.0. The Kier molecular flexibility index (Phi) is 6.97. The van der Waals surface area contributed by atoms with Gasteiger partial charge in [0.15, 0.2) is 0 Å². The van der Waals surface area contributed by atoms with Gasteiger partial charge < -0.3 is 5.32 Å². The summed E-state index contributed by atoms with van der Waals surface area (Å²) >= 11 is 0. The molecule has 0 bridgehead atoms. The number of aryl methyl sites for hydroxylation is 1. The van der Waals surface area contributed by atoms with Gasteiger partial charge in [-0.05, 0) is 43.2 Å². The van der Waals surface area contributed by atoms with E-state index in [1.165, 1.54) is 30.3 Å². The zero-order valence-corrected chi connectivity index (χ0v) is 17.4. The average molecular weight is 427 g/mol. The summed E-state index contributed by atoms with van der Waals surface area (Å²) in [4.78, 5) is 12.6. The van der Waals surface area contributed by atoms with Crippen LogP contribution in [0.15, 0.2) is 83.8 Å². The quantitative estimate of drug-likeness (QED) is 0.592. The Hall–Kier alpha value is -3.03. The molecular formula is C23H23FN2O3S. The van der Waals surface area contributed by atoms with E-state index in [1.54, 1.807) is 18.2 Å². The molecule has 0 radical (unpaired) electrons. The zero-order chi connectivity index (χ0) is 21.6. The lowest BCUT2D eigenvalue weighted by atomic mass is 10.1. The van der Waals surface area contributed by atoms with Gasteiger partial charge in [0, 0.05) is 6.54 Å². The van der Waals surface area contributed by atoms with Crippen LogP contribution in [0, 0.1) is 12.7 Å². The van der Waals surface area contributed by atoms with E-state index in [2.05, 4.69) is 5.32 Å². The fourth-order valence-electron chi connectivity index (χ4n) is 2.95. The van der Waals surface area contributed by atoms with Crippen molar-refractivity contribution < 1.29 is 17.6 Å². The Morgan fingerprint density at radius 3 is 2.23 bits per heavy atom. The molecular weight excluding hydrogens is 403 g/mol. The number of carbonyl (C=O) groups excluding carboxylic acids is 1. The lowest BCUT2D eigenvalue weighted by Crippen LogP contribution is -2.39. The van der Waals surface area contributed by atoms with Crippen LogP contribution in [-0.2, 0) is 21.2 Å². The lowest BCUT2D eigenvalue weighted by molar-refractivity contribution is -0.116. The summed E-state index contributed by atoms with van der Waals surface area (Å²) in [6, 6.07) is 21.7. The first-order chi connectivity index (χ1) is 14.4. The van der Waals surface area contributed by atoms with Gasteiger partial charge in [0.05, 0.1) is 17.1 Å². The van der Waals surface area contributed by atoms with Crippen LogP contribution in [0.4, 0.5) is 10.1 Å². The molecule has 0 aliphatic rings. The van der Waals surface area contributed by atoms with Crippen molar-refractivity contribution in [2.45, 2.75) is 18.2 Å². The van der Waals surface area contributed by atoms with Gasteiger partial charge in [-0.1, -0.05) is 60.2 Å². The molecule has 0 aliphatic carbocycles. The fraction of sp³-hybridized carbons (Fsp3) is 0.174. The van der Waals surface area contributed by atoms with Gasteiger partial charge >= 0.3 is 0 Å². The lowest BCUT2D eigenvalue weighted by Gasteiger charge is -2.22. The van der Waals surface area contributed by atoms with Crippen molar-refractivity contribution in [1.82, 2.24) is 4.31 Å². The number of sulfonamides is 1. The van der Waals surface area contributed by atoms with Crippen LogP contribution in [0.3, 0.4) is 0 Å². The van der Waals surface area contributed by atoms with Crippen molar-refractivity contribution in [1.29, 1.82) is 0 Å². The van der Waals surface area contributed by atoms with Crippen LogP contribution in [0.2, 0.25) is 0 Å². The second-order valence-electron chi connectivity index (χ2n) is 6.92. The van der Waals surface area contributed by atoms with E-state index < -0.39 is 28.3 Å². The monoisotopic (exact) mass is 426 g/mol. The van der Waals surface area contributed by atoms with E-state index in [4.69, 9.17) is 0 Å². The SMILES string of the molecule is Cc1ccc(S(=O)(=O)N(CCc2ccccc2)CC(=O)Nc2ccccc2F)cc1. The summed E-state index contributed by atoms with van der Waals surface area (Å²) in [6.07, 6.45) is 0.443. The minimum Gasteiger partial charge on any atom is -0.322 e. The molecule has 0 fully saturated rings. The van der Waals surface area contributed by atoms with Crippen LogP contribution < -0.4 is 5.32 Å². The first-order valence-electron chi connectivity index (χ1n) is 9.51. The third-order valence-electron chi connectivity index (χ3n) is 4.62. The number of hydrogen-bond acceptors (Lipinski definition) is 3. The molecule has 0 aromatic heterocycles. The second kappa shape index (κ2) is 9.65. The van der Waals surface area contributed by atoms with Crippen LogP contribution >= 0.6 is 0 Å². The number of rotatable bonds is 8. The molecule has 3 rings (SSSR count). The molecule has 7 heteroatoms. The van der Waals surface area contributed by atoms with Gasteiger partial charge in [0.2, 0.25) is 15.9 Å². The zero-order valence-electron chi connectivity index (χ0n) is 16.6. The first kappa shape index (κ1) is 21.7. The molecule has 30 heavy (non-hydrogen) atoms.